The number of ether oxygens (including phenoxy) is 1. The fraction of sp³-hybridized carbons (Fsp3) is 0.238. The summed E-state index contributed by atoms with van der Waals surface area (Å²) in [6.45, 7) is 0.716. The van der Waals surface area contributed by atoms with Crippen molar-refractivity contribution >= 4 is 23.4 Å². The molecule has 1 aliphatic heterocycles. The molecule has 0 spiro atoms. The number of hydrogen-bond acceptors (Lipinski definition) is 5. The zero-order valence-corrected chi connectivity index (χ0v) is 15.6. The largest absolute Gasteiger partial charge is 0.385 e. The van der Waals surface area contributed by atoms with Gasteiger partial charge < -0.3 is 9.64 Å². The lowest BCUT2D eigenvalue weighted by atomic mass is 10.0. The van der Waals surface area contributed by atoms with Gasteiger partial charge in [-0.15, -0.1) is 0 Å². The average Bonchev–Trinajstić information content (AvgIpc) is 2.97. The number of benzene rings is 2. The summed E-state index contributed by atoms with van der Waals surface area (Å²) in [5, 5.41) is 9.03. The molecule has 3 rings (SSSR count). The Morgan fingerprint density at radius 2 is 1.89 bits per heavy atom. The van der Waals surface area contributed by atoms with Crippen LogP contribution in [0.2, 0.25) is 0 Å². The first-order valence-electron chi connectivity index (χ1n) is 8.75. The van der Waals surface area contributed by atoms with Crippen molar-refractivity contribution in [2.75, 3.05) is 32.2 Å². The van der Waals surface area contributed by atoms with E-state index in [2.05, 4.69) is 0 Å². The van der Waals surface area contributed by atoms with E-state index in [1.807, 2.05) is 6.07 Å². The monoisotopic (exact) mass is 377 g/mol. The molecule has 0 N–H and O–H groups in total. The van der Waals surface area contributed by atoms with Crippen LogP contribution in [0.15, 0.2) is 42.5 Å². The molecule has 1 heterocycles. The van der Waals surface area contributed by atoms with Crippen molar-refractivity contribution in [3.63, 3.8) is 0 Å². The van der Waals surface area contributed by atoms with Crippen LogP contribution in [0.3, 0.4) is 0 Å². The van der Waals surface area contributed by atoms with E-state index < -0.39 is 5.91 Å². The molecular formula is C21H19N3O4. The Labute approximate surface area is 162 Å². The fourth-order valence-electron chi connectivity index (χ4n) is 3.09. The Kier molecular flexibility index (Phi) is 5.52. The lowest BCUT2D eigenvalue weighted by Crippen LogP contribution is -2.31. The number of nitrogens with zero attached hydrogens (tertiary/aromatic N) is 3. The second kappa shape index (κ2) is 8.03. The molecular weight excluding hydrogens is 358 g/mol. The van der Waals surface area contributed by atoms with Gasteiger partial charge in [0.1, 0.15) is 0 Å². The molecule has 28 heavy (non-hydrogen) atoms. The van der Waals surface area contributed by atoms with Crippen LogP contribution in [0.4, 0.5) is 5.69 Å². The predicted octanol–water partition coefficient (Wildman–Crippen LogP) is 2.47. The van der Waals surface area contributed by atoms with Crippen molar-refractivity contribution in [3.05, 3.63) is 64.7 Å². The molecule has 0 fully saturated rings. The van der Waals surface area contributed by atoms with Crippen LogP contribution < -0.4 is 4.90 Å². The summed E-state index contributed by atoms with van der Waals surface area (Å²) in [6, 6.07) is 13.2. The van der Waals surface area contributed by atoms with Crippen LogP contribution in [0, 0.1) is 11.3 Å². The van der Waals surface area contributed by atoms with Crippen molar-refractivity contribution in [2.24, 2.45) is 0 Å². The van der Waals surface area contributed by atoms with Crippen LogP contribution in [-0.4, -0.2) is 49.9 Å². The van der Waals surface area contributed by atoms with Gasteiger partial charge in [-0.05, 0) is 42.8 Å². The highest BCUT2D eigenvalue weighted by molar-refractivity contribution is 6.22. The van der Waals surface area contributed by atoms with Crippen LogP contribution in [0.25, 0.3) is 0 Å². The zero-order chi connectivity index (χ0) is 20.3. The van der Waals surface area contributed by atoms with E-state index in [4.69, 9.17) is 10.00 Å². The highest BCUT2D eigenvalue weighted by Crippen LogP contribution is 2.25. The number of carbonyl (C=O) groups excluding carboxylic acids is 3. The Hall–Kier alpha value is -3.50. The summed E-state index contributed by atoms with van der Waals surface area (Å²) in [5.74, 6) is -1.10. The van der Waals surface area contributed by atoms with E-state index in [0.29, 0.717) is 35.4 Å². The van der Waals surface area contributed by atoms with Gasteiger partial charge >= 0.3 is 0 Å². The first-order valence-corrected chi connectivity index (χ1v) is 8.75. The van der Waals surface area contributed by atoms with Gasteiger partial charge in [-0.2, -0.15) is 5.26 Å². The number of hydrogen-bond donors (Lipinski definition) is 0. The number of amides is 3. The fourth-order valence-corrected chi connectivity index (χ4v) is 3.09. The maximum atomic E-state index is 12.8. The van der Waals surface area contributed by atoms with Crippen molar-refractivity contribution in [3.8, 4) is 6.07 Å². The molecule has 0 unspecified atom stereocenters. The second-order valence-corrected chi connectivity index (χ2v) is 6.39. The standard InChI is InChI=1S/C21H19N3O4/c1-23(16-6-3-5-14(11-16)13-22)19(25)15-7-8-17-18(12-15)21(27)24(20(17)26)9-4-10-28-2/h3,5-8,11-12H,4,9-10H2,1-2H3. The number of imide groups is 1. The third kappa shape index (κ3) is 3.50. The molecule has 0 aliphatic carbocycles. The Morgan fingerprint density at radius 3 is 2.61 bits per heavy atom. The summed E-state index contributed by atoms with van der Waals surface area (Å²) in [7, 11) is 3.15. The third-order valence-corrected chi connectivity index (χ3v) is 4.62. The third-order valence-electron chi connectivity index (χ3n) is 4.62. The summed E-state index contributed by atoms with van der Waals surface area (Å²) in [6.07, 6.45) is 0.547. The normalized spacial score (nSPS) is 12.7. The summed E-state index contributed by atoms with van der Waals surface area (Å²) in [5.41, 5.74) is 1.83. The van der Waals surface area contributed by atoms with E-state index in [-0.39, 0.29) is 23.9 Å². The Bertz CT molecular complexity index is 993. The molecule has 7 nitrogen and oxygen atoms in total. The molecule has 7 heteroatoms. The predicted molar refractivity (Wildman–Crippen MR) is 102 cm³/mol. The van der Waals surface area contributed by atoms with E-state index in [1.54, 1.807) is 38.4 Å². The quantitative estimate of drug-likeness (QED) is 0.570. The van der Waals surface area contributed by atoms with E-state index in [9.17, 15) is 14.4 Å². The highest BCUT2D eigenvalue weighted by atomic mass is 16.5. The number of carbonyl (C=O) groups is 3. The lowest BCUT2D eigenvalue weighted by molar-refractivity contribution is 0.0638. The second-order valence-electron chi connectivity index (χ2n) is 6.39. The van der Waals surface area contributed by atoms with Gasteiger partial charge in [-0.25, -0.2) is 0 Å². The minimum Gasteiger partial charge on any atom is -0.385 e. The molecule has 0 saturated carbocycles. The molecule has 0 saturated heterocycles. The molecule has 1 aliphatic rings. The first kappa shape index (κ1) is 19.3. The molecule has 0 bridgehead atoms. The van der Waals surface area contributed by atoms with Gasteiger partial charge in [0.25, 0.3) is 17.7 Å². The molecule has 0 radical (unpaired) electrons. The van der Waals surface area contributed by atoms with Crippen LogP contribution in [0.1, 0.15) is 43.1 Å². The number of rotatable bonds is 6. The summed E-state index contributed by atoms with van der Waals surface area (Å²) < 4.78 is 4.97. The van der Waals surface area contributed by atoms with Gasteiger partial charge in [0.2, 0.25) is 0 Å². The molecule has 2 aromatic rings. The SMILES string of the molecule is COCCCN1C(=O)c2ccc(C(=O)N(C)c3cccc(C#N)c3)cc2C1=O. The minimum atomic E-state index is -0.403. The maximum Gasteiger partial charge on any atom is 0.261 e. The Morgan fingerprint density at radius 1 is 1.14 bits per heavy atom. The number of fused-ring (bicyclic) bond motifs is 1. The Balaban J connectivity index is 1.84. The van der Waals surface area contributed by atoms with Crippen molar-refractivity contribution in [2.45, 2.75) is 6.42 Å². The molecule has 0 atom stereocenters. The van der Waals surface area contributed by atoms with Gasteiger partial charge in [-0.1, -0.05) is 6.07 Å². The lowest BCUT2D eigenvalue weighted by Gasteiger charge is -2.18. The average molecular weight is 377 g/mol. The number of anilines is 1. The summed E-state index contributed by atoms with van der Waals surface area (Å²) >= 11 is 0. The van der Waals surface area contributed by atoms with Crippen molar-refractivity contribution < 1.29 is 19.1 Å². The van der Waals surface area contributed by atoms with Gasteiger partial charge in [0.05, 0.1) is 22.8 Å². The summed E-state index contributed by atoms with van der Waals surface area (Å²) in [4.78, 5) is 40.5. The van der Waals surface area contributed by atoms with Crippen LogP contribution in [-0.2, 0) is 4.74 Å². The molecule has 142 valence electrons. The van der Waals surface area contributed by atoms with Crippen molar-refractivity contribution in [1.29, 1.82) is 5.26 Å². The number of methoxy groups -OCH3 is 1. The topological polar surface area (TPSA) is 90.7 Å². The van der Waals surface area contributed by atoms with E-state index in [1.165, 1.54) is 28.0 Å². The highest BCUT2D eigenvalue weighted by Gasteiger charge is 2.35. The van der Waals surface area contributed by atoms with E-state index in [0.717, 1.165) is 0 Å². The molecule has 3 amide bonds. The van der Waals surface area contributed by atoms with E-state index >= 15 is 0 Å². The zero-order valence-electron chi connectivity index (χ0n) is 15.6. The molecule has 2 aromatic carbocycles. The van der Waals surface area contributed by atoms with Crippen LogP contribution in [0.5, 0.6) is 0 Å². The van der Waals surface area contributed by atoms with Gasteiger partial charge in [0, 0.05) is 38.6 Å². The number of nitriles is 1. The molecule has 0 aromatic heterocycles. The van der Waals surface area contributed by atoms with Crippen LogP contribution >= 0.6 is 0 Å². The maximum absolute atomic E-state index is 12.8. The van der Waals surface area contributed by atoms with Gasteiger partial charge in [-0.3, -0.25) is 19.3 Å². The minimum absolute atomic E-state index is 0.229. The first-order chi connectivity index (χ1) is 13.5. The smallest absolute Gasteiger partial charge is 0.261 e. The van der Waals surface area contributed by atoms with Crippen molar-refractivity contribution in [1.82, 2.24) is 4.90 Å². The van der Waals surface area contributed by atoms with Gasteiger partial charge in [0.15, 0.2) is 0 Å².